The summed E-state index contributed by atoms with van der Waals surface area (Å²) in [6.07, 6.45) is 0. The first-order valence-electron chi connectivity index (χ1n) is 10.2. The number of aryl methyl sites for hydroxylation is 1. The number of hydrogen-bond donors (Lipinski definition) is 2. The molecule has 0 saturated carbocycles. The first-order valence-corrected chi connectivity index (χ1v) is 10.2. The van der Waals surface area contributed by atoms with E-state index in [1.165, 1.54) is 5.56 Å². The highest BCUT2D eigenvalue weighted by Gasteiger charge is 2.13. The number of esters is 1. The van der Waals surface area contributed by atoms with Crippen LogP contribution in [0.3, 0.4) is 0 Å². The van der Waals surface area contributed by atoms with Gasteiger partial charge in [0.15, 0.2) is 6.61 Å². The number of carbonyl (C=O) groups is 3. The van der Waals surface area contributed by atoms with Crippen LogP contribution in [0.15, 0.2) is 48.5 Å². The maximum Gasteiger partial charge on any atom is 0.325 e. The van der Waals surface area contributed by atoms with Gasteiger partial charge < -0.3 is 20.1 Å². The second-order valence-electron chi connectivity index (χ2n) is 8.19. The van der Waals surface area contributed by atoms with Gasteiger partial charge in [0.25, 0.3) is 11.8 Å². The van der Waals surface area contributed by atoms with Gasteiger partial charge in [-0.3, -0.25) is 14.4 Å². The number of rotatable bonds is 9. The Morgan fingerprint density at radius 1 is 0.968 bits per heavy atom. The van der Waals surface area contributed by atoms with E-state index in [1.54, 1.807) is 18.2 Å². The largest absolute Gasteiger partial charge is 0.492 e. The van der Waals surface area contributed by atoms with Crippen LogP contribution >= 0.6 is 0 Å². The molecule has 0 spiro atoms. The molecule has 7 nitrogen and oxygen atoms in total. The maximum absolute atomic E-state index is 12.0. The van der Waals surface area contributed by atoms with E-state index in [2.05, 4.69) is 31.4 Å². The van der Waals surface area contributed by atoms with Crippen molar-refractivity contribution in [2.75, 3.05) is 26.3 Å². The lowest BCUT2D eigenvalue weighted by molar-refractivity contribution is -0.147. The minimum atomic E-state index is -0.689. The molecule has 0 atom stereocenters. The van der Waals surface area contributed by atoms with Gasteiger partial charge in [0.2, 0.25) is 0 Å². The zero-order valence-electron chi connectivity index (χ0n) is 18.5. The van der Waals surface area contributed by atoms with Gasteiger partial charge in [0.05, 0.1) is 6.54 Å². The molecule has 7 heteroatoms. The van der Waals surface area contributed by atoms with Gasteiger partial charge in [0.1, 0.15) is 18.9 Å². The number of ether oxygens (including phenoxy) is 2. The van der Waals surface area contributed by atoms with E-state index in [0.29, 0.717) is 12.2 Å². The van der Waals surface area contributed by atoms with Crippen LogP contribution in [-0.2, 0) is 19.7 Å². The van der Waals surface area contributed by atoms with Crippen molar-refractivity contribution in [1.29, 1.82) is 0 Å². The topological polar surface area (TPSA) is 93.7 Å². The molecule has 0 unspecified atom stereocenters. The summed E-state index contributed by atoms with van der Waals surface area (Å²) in [5.41, 5.74) is 2.69. The molecule has 0 aliphatic rings. The van der Waals surface area contributed by atoms with Crippen LogP contribution in [0.4, 0.5) is 0 Å². The molecule has 2 aromatic carbocycles. The zero-order valence-corrected chi connectivity index (χ0v) is 18.5. The van der Waals surface area contributed by atoms with E-state index >= 15 is 0 Å². The number of nitrogens with one attached hydrogen (secondary N) is 2. The lowest BCUT2D eigenvalue weighted by atomic mass is 9.87. The van der Waals surface area contributed by atoms with Crippen LogP contribution < -0.4 is 15.4 Å². The molecule has 0 bridgehead atoms. The number of benzene rings is 2. The van der Waals surface area contributed by atoms with Crippen LogP contribution in [-0.4, -0.2) is 44.1 Å². The van der Waals surface area contributed by atoms with Gasteiger partial charge in [-0.25, -0.2) is 0 Å². The predicted molar refractivity (Wildman–Crippen MR) is 118 cm³/mol. The van der Waals surface area contributed by atoms with E-state index in [9.17, 15) is 14.4 Å². The molecule has 2 amide bonds. The van der Waals surface area contributed by atoms with E-state index < -0.39 is 18.5 Å². The summed E-state index contributed by atoms with van der Waals surface area (Å²) in [4.78, 5) is 35.5. The van der Waals surface area contributed by atoms with Crippen LogP contribution in [0.1, 0.15) is 42.3 Å². The fourth-order valence-electron chi connectivity index (χ4n) is 2.70. The minimum Gasteiger partial charge on any atom is -0.492 e. The van der Waals surface area contributed by atoms with Crippen molar-refractivity contribution < 1.29 is 23.9 Å². The molecule has 0 aliphatic carbocycles. The smallest absolute Gasteiger partial charge is 0.325 e. The summed E-state index contributed by atoms with van der Waals surface area (Å²) in [5.74, 6) is -0.785. The van der Waals surface area contributed by atoms with Gasteiger partial charge in [-0.1, -0.05) is 50.6 Å². The number of hydrogen-bond acceptors (Lipinski definition) is 5. The molecular weight excluding hydrogens is 396 g/mol. The summed E-state index contributed by atoms with van der Waals surface area (Å²) in [6.45, 7) is 8.14. The maximum atomic E-state index is 12.0. The Morgan fingerprint density at radius 3 is 2.32 bits per heavy atom. The number of amides is 2. The van der Waals surface area contributed by atoms with Crippen molar-refractivity contribution in [3.8, 4) is 5.75 Å². The second-order valence-corrected chi connectivity index (χ2v) is 8.19. The molecule has 166 valence electrons. The van der Waals surface area contributed by atoms with Crippen molar-refractivity contribution >= 4 is 17.8 Å². The Balaban J connectivity index is 1.60. The fourth-order valence-corrected chi connectivity index (χ4v) is 2.70. The van der Waals surface area contributed by atoms with Crippen LogP contribution in [0.5, 0.6) is 5.75 Å². The van der Waals surface area contributed by atoms with Crippen LogP contribution in [0.25, 0.3) is 0 Å². The quantitative estimate of drug-likeness (QED) is 0.475. The highest BCUT2D eigenvalue weighted by Crippen LogP contribution is 2.24. The van der Waals surface area contributed by atoms with Crippen molar-refractivity contribution in [2.24, 2.45) is 0 Å². The Bertz CT molecular complexity index is 901. The second kappa shape index (κ2) is 11.2. The third-order valence-electron chi connectivity index (χ3n) is 4.45. The monoisotopic (exact) mass is 426 g/mol. The average Bonchev–Trinajstić information content (AvgIpc) is 2.73. The van der Waals surface area contributed by atoms with Gasteiger partial charge in [-0.05, 0) is 42.2 Å². The molecule has 31 heavy (non-hydrogen) atoms. The third kappa shape index (κ3) is 8.50. The first-order chi connectivity index (χ1) is 14.6. The lowest BCUT2D eigenvalue weighted by Crippen LogP contribution is -2.35. The average molecular weight is 427 g/mol. The Morgan fingerprint density at radius 2 is 1.68 bits per heavy atom. The first kappa shape index (κ1) is 23.9. The summed E-state index contributed by atoms with van der Waals surface area (Å²) in [5, 5.41) is 5.08. The third-order valence-corrected chi connectivity index (χ3v) is 4.45. The molecule has 0 fully saturated rings. The van der Waals surface area contributed by atoms with Gasteiger partial charge in [-0.2, -0.15) is 0 Å². The predicted octanol–water partition coefficient (Wildman–Crippen LogP) is 2.76. The standard InChI is InChI=1S/C24H30N2O5/c1-17-6-5-7-18(14-17)23(29)26-15-22(28)31-16-21(27)25-12-13-30-20-10-8-19(9-11-20)24(2,3)4/h5-11,14H,12-13,15-16H2,1-4H3,(H,25,27)(H,26,29). The summed E-state index contributed by atoms with van der Waals surface area (Å²) in [7, 11) is 0. The summed E-state index contributed by atoms with van der Waals surface area (Å²) >= 11 is 0. The van der Waals surface area contributed by atoms with Crippen molar-refractivity contribution in [2.45, 2.75) is 33.1 Å². The Kier molecular flexibility index (Phi) is 8.61. The zero-order chi connectivity index (χ0) is 22.9. The summed E-state index contributed by atoms with van der Waals surface area (Å²) < 4.78 is 10.5. The Labute approximate surface area is 183 Å². The molecule has 2 N–H and O–H groups in total. The van der Waals surface area contributed by atoms with Crippen molar-refractivity contribution in [3.05, 3.63) is 65.2 Å². The molecular formula is C24H30N2O5. The minimum absolute atomic E-state index is 0.0767. The van der Waals surface area contributed by atoms with Gasteiger partial charge >= 0.3 is 5.97 Å². The lowest BCUT2D eigenvalue weighted by Gasteiger charge is -2.19. The molecule has 2 rings (SSSR count). The molecule has 0 aliphatic heterocycles. The number of carbonyl (C=O) groups excluding carboxylic acids is 3. The summed E-state index contributed by atoms with van der Waals surface area (Å²) in [6, 6.07) is 14.8. The van der Waals surface area contributed by atoms with Crippen molar-refractivity contribution in [3.63, 3.8) is 0 Å². The molecule has 0 saturated heterocycles. The fraction of sp³-hybridized carbons (Fsp3) is 0.375. The van der Waals surface area contributed by atoms with Crippen molar-refractivity contribution in [1.82, 2.24) is 10.6 Å². The molecule has 0 aromatic heterocycles. The molecule has 0 heterocycles. The molecule has 0 radical (unpaired) electrons. The van der Waals surface area contributed by atoms with E-state index in [0.717, 1.165) is 11.3 Å². The van der Waals surface area contributed by atoms with Crippen LogP contribution in [0.2, 0.25) is 0 Å². The van der Waals surface area contributed by atoms with Gasteiger partial charge in [-0.15, -0.1) is 0 Å². The SMILES string of the molecule is Cc1cccc(C(=O)NCC(=O)OCC(=O)NCCOc2ccc(C(C)(C)C)cc2)c1. The Hall–Kier alpha value is -3.35. The van der Waals surface area contributed by atoms with Gasteiger partial charge in [0, 0.05) is 5.56 Å². The highest BCUT2D eigenvalue weighted by molar-refractivity contribution is 5.96. The molecule has 2 aromatic rings. The van der Waals surface area contributed by atoms with E-state index in [4.69, 9.17) is 9.47 Å². The highest BCUT2D eigenvalue weighted by atomic mass is 16.5. The van der Waals surface area contributed by atoms with E-state index in [-0.39, 0.29) is 24.4 Å². The van der Waals surface area contributed by atoms with E-state index in [1.807, 2.05) is 37.3 Å². The normalized spacial score (nSPS) is 10.8. The van der Waals surface area contributed by atoms with Crippen LogP contribution in [0, 0.1) is 6.92 Å².